The molecule has 5 aliphatic rings. The van der Waals surface area contributed by atoms with Gasteiger partial charge in [-0.25, -0.2) is 14.6 Å². The van der Waals surface area contributed by atoms with E-state index >= 15 is 0 Å². The summed E-state index contributed by atoms with van der Waals surface area (Å²) >= 11 is 0. The third-order valence-electron chi connectivity index (χ3n) is 6.31. The number of nitrogens with two attached hydrogens (primary N) is 1. The summed E-state index contributed by atoms with van der Waals surface area (Å²) in [6.45, 7) is 6.22. The van der Waals surface area contributed by atoms with Crippen LogP contribution in [0.25, 0.3) is 0 Å². The molecule has 4 heterocycles. The Balaban J connectivity index is 1.79. The van der Waals surface area contributed by atoms with Crippen molar-refractivity contribution in [2.75, 3.05) is 6.61 Å². The molecule has 1 saturated carbocycles. The van der Waals surface area contributed by atoms with E-state index in [-0.39, 0.29) is 18.4 Å². The van der Waals surface area contributed by atoms with E-state index in [4.69, 9.17) is 29.7 Å². The summed E-state index contributed by atoms with van der Waals surface area (Å²) in [6.07, 6.45) is 2.28. The van der Waals surface area contributed by atoms with E-state index < -0.39 is 29.4 Å². The van der Waals surface area contributed by atoms with Gasteiger partial charge in [-0.1, -0.05) is 6.92 Å². The van der Waals surface area contributed by atoms with Gasteiger partial charge in [-0.05, 0) is 44.9 Å². The first-order valence-electron chi connectivity index (χ1n) is 8.44. The molecule has 4 saturated heterocycles. The standard InChI is InChI=1S/C16H25NO6/c1-9-4-5-11-14(2,21-13(17)18)8-19-12-16(11)10(9)6-7-15(3,20-12)22-23-16/h9-12H,4-8H2,1-3H3,(H2,17,18)/t9-,10+,11+,12-,14+,15-,16-/m1/s1. The van der Waals surface area contributed by atoms with Crippen LogP contribution >= 0.6 is 0 Å². The third-order valence-corrected chi connectivity index (χ3v) is 6.31. The van der Waals surface area contributed by atoms with Gasteiger partial charge >= 0.3 is 6.09 Å². The van der Waals surface area contributed by atoms with Gasteiger partial charge in [0.05, 0.1) is 6.61 Å². The number of fused-ring (bicyclic) bond motifs is 2. The molecule has 0 unspecified atom stereocenters. The highest BCUT2D eigenvalue weighted by molar-refractivity contribution is 5.65. The molecule has 5 fully saturated rings. The quantitative estimate of drug-likeness (QED) is 0.742. The smallest absolute Gasteiger partial charge is 0.405 e. The fourth-order valence-electron chi connectivity index (χ4n) is 5.20. The molecule has 0 aromatic heterocycles. The first-order chi connectivity index (χ1) is 10.8. The summed E-state index contributed by atoms with van der Waals surface area (Å²) < 4.78 is 17.6. The minimum atomic E-state index is -0.842. The molecule has 0 radical (unpaired) electrons. The Morgan fingerprint density at radius 2 is 2.00 bits per heavy atom. The van der Waals surface area contributed by atoms with E-state index in [1.165, 1.54) is 0 Å². The third kappa shape index (κ3) is 2.06. The largest absolute Gasteiger partial charge is 0.441 e. The molecule has 0 aromatic rings. The second-order valence-electron chi connectivity index (χ2n) is 7.90. The molecule has 1 spiro atoms. The van der Waals surface area contributed by atoms with Gasteiger partial charge < -0.3 is 19.9 Å². The normalized spacial score (nSPS) is 54.9. The van der Waals surface area contributed by atoms with Crippen molar-refractivity contribution in [2.24, 2.45) is 23.5 Å². The number of carbonyl (C=O) groups excluding carboxylic acids is 1. The Hall–Kier alpha value is -0.890. The molecule has 130 valence electrons. The molecule has 2 N–H and O–H groups in total. The van der Waals surface area contributed by atoms with Gasteiger partial charge in [-0.2, -0.15) is 0 Å². The second-order valence-corrected chi connectivity index (χ2v) is 7.90. The summed E-state index contributed by atoms with van der Waals surface area (Å²) in [5, 5.41) is 0. The van der Waals surface area contributed by atoms with Gasteiger partial charge in [0.1, 0.15) is 5.60 Å². The lowest BCUT2D eigenvalue weighted by molar-refractivity contribution is -0.571. The minimum absolute atomic E-state index is 0.0786. The summed E-state index contributed by atoms with van der Waals surface area (Å²) in [7, 11) is 0. The maximum atomic E-state index is 11.4. The van der Waals surface area contributed by atoms with Crippen LogP contribution in [0, 0.1) is 17.8 Å². The van der Waals surface area contributed by atoms with Crippen LogP contribution in [0.15, 0.2) is 0 Å². The number of rotatable bonds is 1. The van der Waals surface area contributed by atoms with Crippen molar-refractivity contribution in [3.63, 3.8) is 0 Å². The summed E-state index contributed by atoms with van der Waals surface area (Å²) in [6, 6.07) is 0. The monoisotopic (exact) mass is 327 g/mol. The number of primary amides is 1. The highest BCUT2D eigenvalue weighted by Crippen LogP contribution is 2.60. The van der Waals surface area contributed by atoms with Gasteiger partial charge in [0.2, 0.25) is 5.79 Å². The van der Waals surface area contributed by atoms with E-state index in [1.807, 2.05) is 13.8 Å². The highest BCUT2D eigenvalue weighted by Gasteiger charge is 2.71. The van der Waals surface area contributed by atoms with Crippen molar-refractivity contribution in [1.82, 2.24) is 0 Å². The zero-order valence-corrected chi connectivity index (χ0v) is 13.9. The van der Waals surface area contributed by atoms with Crippen LogP contribution in [0.4, 0.5) is 4.79 Å². The van der Waals surface area contributed by atoms with Crippen molar-refractivity contribution in [1.29, 1.82) is 0 Å². The maximum Gasteiger partial charge on any atom is 0.405 e. The molecule has 7 nitrogen and oxygen atoms in total. The fourth-order valence-corrected chi connectivity index (χ4v) is 5.20. The van der Waals surface area contributed by atoms with E-state index in [9.17, 15) is 4.79 Å². The number of ether oxygens (including phenoxy) is 3. The number of hydrogen-bond acceptors (Lipinski definition) is 6. The molecule has 1 amide bonds. The van der Waals surface area contributed by atoms with Crippen LogP contribution in [-0.2, 0) is 24.0 Å². The van der Waals surface area contributed by atoms with Crippen LogP contribution in [-0.4, -0.2) is 36.0 Å². The summed E-state index contributed by atoms with van der Waals surface area (Å²) in [4.78, 5) is 23.1. The Morgan fingerprint density at radius 3 is 2.74 bits per heavy atom. The van der Waals surface area contributed by atoms with Crippen LogP contribution in [0.3, 0.4) is 0 Å². The van der Waals surface area contributed by atoms with E-state index in [1.54, 1.807) is 0 Å². The average molecular weight is 327 g/mol. The summed E-state index contributed by atoms with van der Waals surface area (Å²) in [5.74, 6) is -0.173. The molecule has 4 aliphatic heterocycles. The van der Waals surface area contributed by atoms with E-state index in [0.717, 1.165) is 25.7 Å². The Kier molecular flexibility index (Phi) is 3.27. The van der Waals surface area contributed by atoms with Crippen molar-refractivity contribution in [2.45, 2.75) is 69.7 Å². The lowest BCUT2D eigenvalue weighted by Gasteiger charge is -2.61. The van der Waals surface area contributed by atoms with Crippen molar-refractivity contribution in [3.8, 4) is 0 Å². The summed E-state index contributed by atoms with van der Waals surface area (Å²) in [5.41, 5.74) is 3.70. The average Bonchev–Trinajstić information content (AvgIpc) is 2.69. The molecular formula is C16H25NO6. The second kappa shape index (κ2) is 4.81. The molecule has 7 atom stereocenters. The van der Waals surface area contributed by atoms with Crippen LogP contribution in [0.2, 0.25) is 0 Å². The topological polar surface area (TPSA) is 89.2 Å². The molecule has 2 bridgehead atoms. The highest BCUT2D eigenvalue weighted by atomic mass is 17.3. The lowest BCUT2D eigenvalue weighted by Crippen LogP contribution is -2.73. The van der Waals surface area contributed by atoms with Crippen molar-refractivity contribution in [3.05, 3.63) is 0 Å². The Bertz CT molecular complexity index is 529. The minimum Gasteiger partial charge on any atom is -0.441 e. The molecule has 0 aromatic carbocycles. The predicted octanol–water partition coefficient (Wildman–Crippen LogP) is 2.09. The van der Waals surface area contributed by atoms with Crippen molar-refractivity contribution < 1.29 is 28.8 Å². The van der Waals surface area contributed by atoms with Gasteiger partial charge in [-0.3, -0.25) is 0 Å². The number of carbonyl (C=O) groups is 1. The first kappa shape index (κ1) is 15.6. The Morgan fingerprint density at radius 1 is 1.22 bits per heavy atom. The van der Waals surface area contributed by atoms with Crippen LogP contribution in [0.5, 0.6) is 0 Å². The molecule has 5 rings (SSSR count). The molecule has 7 heteroatoms. The number of amides is 1. The molecule has 23 heavy (non-hydrogen) atoms. The Labute approximate surface area is 135 Å². The predicted molar refractivity (Wildman–Crippen MR) is 77.8 cm³/mol. The number of hydrogen-bond donors (Lipinski definition) is 1. The SMILES string of the molecule is C[C@@H]1CC[C@@H]2[C@]34OO[C@](C)(CC[C@@H]13)O[C@H]4OC[C@]2(C)OC(N)=O. The fraction of sp³-hybridized carbons (Fsp3) is 0.938. The van der Waals surface area contributed by atoms with Crippen molar-refractivity contribution >= 4 is 6.09 Å². The van der Waals surface area contributed by atoms with E-state index in [2.05, 4.69) is 6.92 Å². The van der Waals surface area contributed by atoms with Gasteiger partial charge in [0.15, 0.2) is 11.9 Å². The zero-order chi connectivity index (χ0) is 16.5. The molecule has 1 aliphatic carbocycles. The zero-order valence-electron chi connectivity index (χ0n) is 13.9. The van der Waals surface area contributed by atoms with Gasteiger partial charge in [0, 0.05) is 12.3 Å². The molecular weight excluding hydrogens is 302 g/mol. The van der Waals surface area contributed by atoms with Gasteiger partial charge in [0.25, 0.3) is 0 Å². The maximum absolute atomic E-state index is 11.4. The van der Waals surface area contributed by atoms with Crippen LogP contribution in [0.1, 0.15) is 46.5 Å². The van der Waals surface area contributed by atoms with E-state index in [0.29, 0.717) is 5.92 Å². The van der Waals surface area contributed by atoms with Crippen LogP contribution < -0.4 is 5.73 Å². The lowest BCUT2D eigenvalue weighted by atomic mass is 9.57. The first-order valence-corrected chi connectivity index (χ1v) is 8.44. The van der Waals surface area contributed by atoms with Gasteiger partial charge in [-0.15, -0.1) is 0 Å².